The van der Waals surface area contributed by atoms with Gasteiger partial charge in [-0.3, -0.25) is 4.90 Å². The first-order valence-electron chi connectivity index (χ1n) is 8.74. The highest BCUT2D eigenvalue weighted by Crippen LogP contribution is 2.38. The predicted molar refractivity (Wildman–Crippen MR) is 90.4 cm³/mol. The van der Waals surface area contributed by atoms with Crippen LogP contribution < -0.4 is 5.73 Å². The SMILES string of the molecule is N[C@H]1C[C@@H](N2Cc3ccccc3C2)CCC1c1cc(F)c(F)cc1F. The minimum atomic E-state index is -1.15. The number of benzene rings is 2. The fourth-order valence-electron chi connectivity index (χ4n) is 4.34. The Morgan fingerprint density at radius 2 is 1.52 bits per heavy atom. The third-order valence-corrected chi connectivity index (χ3v) is 5.69. The zero-order valence-corrected chi connectivity index (χ0v) is 13.9. The van der Waals surface area contributed by atoms with Crippen LogP contribution in [0.25, 0.3) is 0 Å². The smallest absolute Gasteiger partial charge is 0.161 e. The summed E-state index contributed by atoms with van der Waals surface area (Å²) in [7, 11) is 0. The van der Waals surface area contributed by atoms with E-state index in [2.05, 4.69) is 29.2 Å². The number of fused-ring (bicyclic) bond motifs is 1. The van der Waals surface area contributed by atoms with Gasteiger partial charge in [-0.05, 0) is 42.0 Å². The molecule has 0 amide bonds. The minimum absolute atomic E-state index is 0.203. The molecule has 25 heavy (non-hydrogen) atoms. The summed E-state index contributed by atoms with van der Waals surface area (Å²) < 4.78 is 40.8. The standard InChI is InChI=1S/C20H21F3N2/c21-17-9-19(23)18(22)8-16(17)15-6-5-14(7-20(15)24)25-10-12-3-1-2-4-13(12)11-25/h1-4,8-9,14-15,20H,5-7,10-11,24H2/t14-,15?,20-/m0/s1. The summed E-state index contributed by atoms with van der Waals surface area (Å²) in [4.78, 5) is 2.42. The molecule has 0 bridgehead atoms. The van der Waals surface area contributed by atoms with Crippen molar-refractivity contribution in [3.8, 4) is 0 Å². The molecule has 2 aromatic rings. The maximum absolute atomic E-state index is 14.1. The molecular formula is C20H21F3N2. The molecule has 1 aliphatic heterocycles. The first-order valence-corrected chi connectivity index (χ1v) is 8.74. The van der Waals surface area contributed by atoms with Crippen LogP contribution in [-0.2, 0) is 13.1 Å². The monoisotopic (exact) mass is 346 g/mol. The van der Waals surface area contributed by atoms with E-state index in [9.17, 15) is 13.2 Å². The number of rotatable bonds is 2. The fraction of sp³-hybridized carbons (Fsp3) is 0.400. The van der Waals surface area contributed by atoms with Gasteiger partial charge in [0.25, 0.3) is 0 Å². The molecule has 1 heterocycles. The van der Waals surface area contributed by atoms with Gasteiger partial charge in [0.15, 0.2) is 11.6 Å². The lowest BCUT2D eigenvalue weighted by Gasteiger charge is -2.38. The van der Waals surface area contributed by atoms with Crippen LogP contribution in [0.1, 0.15) is 41.9 Å². The summed E-state index contributed by atoms with van der Waals surface area (Å²) in [5.74, 6) is -3.14. The Morgan fingerprint density at radius 1 is 0.880 bits per heavy atom. The highest BCUT2D eigenvalue weighted by atomic mass is 19.2. The summed E-state index contributed by atoms with van der Waals surface area (Å²) in [5, 5.41) is 0. The number of nitrogens with zero attached hydrogens (tertiary/aromatic N) is 1. The third-order valence-electron chi connectivity index (χ3n) is 5.69. The van der Waals surface area contributed by atoms with Gasteiger partial charge >= 0.3 is 0 Å². The number of halogens is 3. The first-order chi connectivity index (χ1) is 12.0. The second-order valence-electron chi connectivity index (χ2n) is 7.20. The van der Waals surface area contributed by atoms with Gasteiger partial charge in [-0.1, -0.05) is 24.3 Å². The largest absolute Gasteiger partial charge is 0.327 e. The van der Waals surface area contributed by atoms with Crippen molar-refractivity contribution in [1.29, 1.82) is 0 Å². The number of hydrogen-bond donors (Lipinski definition) is 1. The molecular weight excluding hydrogens is 325 g/mol. The summed E-state index contributed by atoms with van der Waals surface area (Å²) in [5.41, 5.74) is 9.23. The molecule has 4 rings (SSSR count). The zero-order valence-electron chi connectivity index (χ0n) is 13.9. The third kappa shape index (κ3) is 3.07. The van der Waals surface area contributed by atoms with Crippen molar-refractivity contribution in [2.45, 2.75) is 50.4 Å². The lowest BCUT2D eigenvalue weighted by atomic mass is 9.77. The molecule has 2 aliphatic rings. The molecule has 1 fully saturated rings. The van der Waals surface area contributed by atoms with Crippen LogP contribution in [0.5, 0.6) is 0 Å². The van der Waals surface area contributed by atoms with Crippen LogP contribution in [0.15, 0.2) is 36.4 Å². The molecule has 132 valence electrons. The molecule has 2 nitrogen and oxygen atoms in total. The van der Waals surface area contributed by atoms with Crippen molar-refractivity contribution >= 4 is 0 Å². The average molecular weight is 346 g/mol. The van der Waals surface area contributed by atoms with Gasteiger partial charge < -0.3 is 5.73 Å². The van der Waals surface area contributed by atoms with E-state index in [1.165, 1.54) is 11.1 Å². The van der Waals surface area contributed by atoms with Gasteiger partial charge in [-0.25, -0.2) is 13.2 Å². The van der Waals surface area contributed by atoms with Crippen molar-refractivity contribution in [2.75, 3.05) is 0 Å². The van der Waals surface area contributed by atoms with Gasteiger partial charge in [-0.15, -0.1) is 0 Å². The molecule has 5 heteroatoms. The number of hydrogen-bond acceptors (Lipinski definition) is 2. The molecule has 1 unspecified atom stereocenters. The van der Waals surface area contributed by atoms with Gasteiger partial charge in [0.2, 0.25) is 0 Å². The van der Waals surface area contributed by atoms with Crippen LogP contribution >= 0.6 is 0 Å². The molecule has 2 N–H and O–H groups in total. The molecule has 0 aromatic heterocycles. The van der Waals surface area contributed by atoms with E-state index in [4.69, 9.17) is 5.73 Å². The van der Waals surface area contributed by atoms with Crippen molar-refractivity contribution in [1.82, 2.24) is 4.90 Å². The molecule has 1 saturated carbocycles. The highest BCUT2D eigenvalue weighted by molar-refractivity contribution is 5.31. The fourth-order valence-corrected chi connectivity index (χ4v) is 4.34. The average Bonchev–Trinajstić information content (AvgIpc) is 3.02. The van der Waals surface area contributed by atoms with E-state index >= 15 is 0 Å². The summed E-state index contributed by atoms with van der Waals surface area (Å²) in [6.45, 7) is 1.83. The lowest BCUT2D eigenvalue weighted by Crippen LogP contribution is -2.44. The summed E-state index contributed by atoms with van der Waals surface area (Å²) >= 11 is 0. The molecule has 3 atom stereocenters. The van der Waals surface area contributed by atoms with E-state index in [1.807, 2.05) is 0 Å². The van der Waals surface area contributed by atoms with Crippen molar-refractivity contribution < 1.29 is 13.2 Å². The number of nitrogens with two attached hydrogens (primary N) is 1. The predicted octanol–water partition coefficient (Wildman–Crippen LogP) is 4.08. The second-order valence-corrected chi connectivity index (χ2v) is 7.20. The van der Waals surface area contributed by atoms with Crippen LogP contribution in [0, 0.1) is 17.5 Å². The van der Waals surface area contributed by atoms with Gasteiger partial charge in [0.05, 0.1) is 0 Å². The Kier molecular flexibility index (Phi) is 4.29. The quantitative estimate of drug-likeness (QED) is 0.830. The lowest BCUT2D eigenvalue weighted by molar-refractivity contribution is 0.137. The van der Waals surface area contributed by atoms with Gasteiger partial charge in [0, 0.05) is 37.2 Å². The van der Waals surface area contributed by atoms with Gasteiger partial charge in [-0.2, -0.15) is 0 Å². The normalized spacial score (nSPS) is 26.6. The van der Waals surface area contributed by atoms with Crippen LogP contribution in [0.2, 0.25) is 0 Å². The van der Waals surface area contributed by atoms with Crippen molar-refractivity contribution in [2.24, 2.45) is 5.73 Å². The van der Waals surface area contributed by atoms with E-state index in [0.29, 0.717) is 18.5 Å². The topological polar surface area (TPSA) is 29.3 Å². The Hall–Kier alpha value is -1.85. The van der Waals surface area contributed by atoms with E-state index in [1.54, 1.807) is 0 Å². The van der Waals surface area contributed by atoms with Crippen LogP contribution in [0.3, 0.4) is 0 Å². The minimum Gasteiger partial charge on any atom is -0.327 e. The Morgan fingerprint density at radius 3 is 2.16 bits per heavy atom. The van der Waals surface area contributed by atoms with Gasteiger partial charge in [0.1, 0.15) is 5.82 Å². The van der Waals surface area contributed by atoms with E-state index < -0.39 is 17.5 Å². The van der Waals surface area contributed by atoms with Crippen LogP contribution in [-0.4, -0.2) is 17.0 Å². The van der Waals surface area contributed by atoms with E-state index in [0.717, 1.165) is 32.0 Å². The second kappa shape index (κ2) is 6.46. The molecule has 0 spiro atoms. The molecule has 0 saturated heterocycles. The van der Waals surface area contributed by atoms with Crippen LogP contribution in [0.4, 0.5) is 13.2 Å². The Labute approximate surface area is 145 Å². The van der Waals surface area contributed by atoms with Crippen molar-refractivity contribution in [3.05, 3.63) is 70.5 Å². The van der Waals surface area contributed by atoms with E-state index in [-0.39, 0.29) is 17.5 Å². The summed E-state index contributed by atoms with van der Waals surface area (Å²) in [6, 6.07) is 10.1. The molecule has 0 radical (unpaired) electrons. The molecule has 2 aromatic carbocycles. The summed E-state index contributed by atoms with van der Waals surface area (Å²) in [6.07, 6.45) is 2.29. The Balaban J connectivity index is 1.47. The Bertz CT molecular complexity index is 768. The highest BCUT2D eigenvalue weighted by Gasteiger charge is 2.35. The molecule has 1 aliphatic carbocycles. The first kappa shape index (κ1) is 16.6. The maximum atomic E-state index is 14.1. The van der Waals surface area contributed by atoms with Crippen molar-refractivity contribution in [3.63, 3.8) is 0 Å². The zero-order chi connectivity index (χ0) is 17.6. The maximum Gasteiger partial charge on any atom is 0.161 e.